The molecule has 0 heterocycles. The van der Waals surface area contributed by atoms with E-state index in [1.807, 2.05) is 0 Å². The van der Waals surface area contributed by atoms with Gasteiger partial charge >= 0.3 is 5.97 Å². The highest BCUT2D eigenvalue weighted by Crippen LogP contribution is 2.26. The Morgan fingerprint density at radius 2 is 2.20 bits per heavy atom. The number of hydrogen-bond donors (Lipinski definition) is 2. The summed E-state index contributed by atoms with van der Waals surface area (Å²) >= 11 is 5.67. The molecule has 0 spiro atoms. The molecule has 1 unspecified atom stereocenters. The maximum Gasteiger partial charge on any atom is 0.325 e. The van der Waals surface area contributed by atoms with E-state index in [4.69, 9.17) is 22.4 Å². The number of nitro groups is 1. The Morgan fingerprint density at radius 1 is 1.60 bits per heavy atom. The quantitative estimate of drug-likeness (QED) is 0.602. The monoisotopic (exact) mass is 230 g/mol. The fraction of sp³-hybridized carbons (Fsp3) is 0.125. The molecule has 0 saturated carbocycles. The molecule has 0 fully saturated rings. The van der Waals surface area contributed by atoms with Crippen LogP contribution in [0.15, 0.2) is 18.2 Å². The first kappa shape index (κ1) is 11.4. The van der Waals surface area contributed by atoms with Crippen molar-refractivity contribution in [1.82, 2.24) is 0 Å². The number of non-ortho nitro benzene ring substituents is 1. The number of nitro benzene ring substituents is 1. The van der Waals surface area contributed by atoms with Crippen molar-refractivity contribution < 1.29 is 14.8 Å². The van der Waals surface area contributed by atoms with Crippen LogP contribution in [0, 0.1) is 10.1 Å². The molecule has 0 aromatic heterocycles. The summed E-state index contributed by atoms with van der Waals surface area (Å²) in [7, 11) is 0. The average Bonchev–Trinajstić information content (AvgIpc) is 2.16. The molecule has 0 radical (unpaired) electrons. The summed E-state index contributed by atoms with van der Waals surface area (Å²) in [4.78, 5) is 20.4. The lowest BCUT2D eigenvalue weighted by Crippen LogP contribution is -2.21. The smallest absolute Gasteiger partial charge is 0.325 e. The number of carboxylic acid groups (broad SMARTS) is 1. The van der Waals surface area contributed by atoms with Gasteiger partial charge in [0.1, 0.15) is 6.04 Å². The van der Waals surface area contributed by atoms with E-state index in [1.165, 1.54) is 12.1 Å². The number of benzene rings is 1. The van der Waals surface area contributed by atoms with Gasteiger partial charge in [0.15, 0.2) is 0 Å². The van der Waals surface area contributed by atoms with Crippen LogP contribution in [0.5, 0.6) is 0 Å². The molecule has 0 amide bonds. The number of halogens is 1. The van der Waals surface area contributed by atoms with E-state index in [2.05, 4.69) is 0 Å². The van der Waals surface area contributed by atoms with Crippen LogP contribution in [-0.2, 0) is 4.79 Å². The van der Waals surface area contributed by atoms with E-state index < -0.39 is 16.9 Å². The minimum atomic E-state index is -1.36. The van der Waals surface area contributed by atoms with Crippen molar-refractivity contribution >= 4 is 23.3 Å². The minimum absolute atomic E-state index is 0.0263. The molecule has 0 saturated heterocycles. The molecular formula is C8H7ClN2O4. The molecule has 1 rings (SSSR count). The summed E-state index contributed by atoms with van der Waals surface area (Å²) in [6, 6.07) is 2.12. The minimum Gasteiger partial charge on any atom is -0.480 e. The topological polar surface area (TPSA) is 106 Å². The second-order valence-corrected chi connectivity index (χ2v) is 3.19. The molecule has 1 aromatic carbocycles. The Balaban J connectivity index is 3.22. The third kappa shape index (κ3) is 2.42. The SMILES string of the molecule is NC(C(=O)O)c1cc([N+](=O)[O-])ccc1Cl. The summed E-state index contributed by atoms with van der Waals surface area (Å²) in [5, 5.41) is 19.2. The highest BCUT2D eigenvalue weighted by molar-refractivity contribution is 6.31. The summed E-state index contributed by atoms with van der Waals surface area (Å²) in [6.07, 6.45) is 0. The van der Waals surface area contributed by atoms with Gasteiger partial charge in [-0.1, -0.05) is 11.6 Å². The maximum absolute atomic E-state index is 10.6. The first-order valence-corrected chi connectivity index (χ1v) is 4.23. The van der Waals surface area contributed by atoms with Crippen molar-refractivity contribution in [2.45, 2.75) is 6.04 Å². The summed E-state index contributed by atoms with van der Waals surface area (Å²) in [5.74, 6) is -1.29. The Hall–Kier alpha value is -1.66. The van der Waals surface area contributed by atoms with Crippen molar-refractivity contribution in [3.8, 4) is 0 Å². The van der Waals surface area contributed by atoms with Gasteiger partial charge in [-0.2, -0.15) is 0 Å². The second-order valence-electron chi connectivity index (χ2n) is 2.78. The van der Waals surface area contributed by atoms with Crippen LogP contribution in [0.4, 0.5) is 5.69 Å². The van der Waals surface area contributed by atoms with Gasteiger partial charge in [-0.25, -0.2) is 0 Å². The van der Waals surface area contributed by atoms with Gasteiger partial charge in [0.25, 0.3) is 5.69 Å². The van der Waals surface area contributed by atoms with Crippen LogP contribution in [0.3, 0.4) is 0 Å². The van der Waals surface area contributed by atoms with Crippen molar-refractivity contribution in [3.05, 3.63) is 38.9 Å². The summed E-state index contributed by atoms with van der Waals surface area (Å²) in [6.45, 7) is 0. The maximum atomic E-state index is 10.6. The zero-order valence-corrected chi connectivity index (χ0v) is 8.14. The molecule has 6 nitrogen and oxygen atoms in total. The fourth-order valence-electron chi connectivity index (χ4n) is 1.02. The predicted molar refractivity (Wildman–Crippen MR) is 52.7 cm³/mol. The Kier molecular flexibility index (Phi) is 3.23. The standard InChI is InChI=1S/C8H7ClN2O4/c9-6-2-1-4(11(14)15)3-5(6)7(10)8(12)13/h1-3,7H,10H2,(H,12,13). The molecule has 0 aliphatic rings. The Morgan fingerprint density at radius 3 is 2.67 bits per heavy atom. The van der Waals surface area contributed by atoms with E-state index in [0.29, 0.717) is 0 Å². The number of hydrogen-bond acceptors (Lipinski definition) is 4. The third-order valence-electron chi connectivity index (χ3n) is 1.79. The van der Waals surface area contributed by atoms with Gasteiger partial charge in [-0.05, 0) is 6.07 Å². The summed E-state index contributed by atoms with van der Waals surface area (Å²) < 4.78 is 0. The van der Waals surface area contributed by atoms with Crippen LogP contribution < -0.4 is 5.73 Å². The number of carbonyl (C=O) groups is 1. The van der Waals surface area contributed by atoms with Crippen LogP contribution in [0.2, 0.25) is 5.02 Å². The van der Waals surface area contributed by atoms with E-state index in [-0.39, 0.29) is 16.3 Å². The van der Waals surface area contributed by atoms with Gasteiger partial charge in [-0.15, -0.1) is 0 Å². The van der Waals surface area contributed by atoms with Crippen molar-refractivity contribution in [3.63, 3.8) is 0 Å². The highest BCUT2D eigenvalue weighted by atomic mass is 35.5. The number of nitrogens with zero attached hydrogens (tertiary/aromatic N) is 1. The van der Waals surface area contributed by atoms with Gasteiger partial charge in [-0.3, -0.25) is 14.9 Å². The number of carboxylic acids is 1. The van der Waals surface area contributed by atoms with Gasteiger partial charge in [0.05, 0.1) is 4.92 Å². The van der Waals surface area contributed by atoms with Crippen LogP contribution >= 0.6 is 11.6 Å². The predicted octanol–water partition coefficient (Wildman–Crippen LogP) is 1.33. The molecule has 1 aromatic rings. The normalized spacial score (nSPS) is 12.1. The second kappa shape index (κ2) is 4.24. The largest absolute Gasteiger partial charge is 0.480 e. The lowest BCUT2D eigenvalue weighted by Gasteiger charge is -2.08. The van der Waals surface area contributed by atoms with E-state index in [0.717, 1.165) is 6.07 Å². The molecule has 15 heavy (non-hydrogen) atoms. The molecule has 0 aliphatic heterocycles. The molecular weight excluding hydrogens is 224 g/mol. The van der Waals surface area contributed by atoms with E-state index >= 15 is 0 Å². The third-order valence-corrected chi connectivity index (χ3v) is 2.14. The number of aliphatic carboxylic acids is 1. The highest BCUT2D eigenvalue weighted by Gasteiger charge is 2.20. The first-order valence-electron chi connectivity index (χ1n) is 3.85. The average molecular weight is 231 g/mol. The molecule has 80 valence electrons. The molecule has 0 aliphatic carbocycles. The van der Waals surface area contributed by atoms with Crippen LogP contribution in [0.25, 0.3) is 0 Å². The molecule has 7 heteroatoms. The molecule has 0 bridgehead atoms. The van der Waals surface area contributed by atoms with Crippen molar-refractivity contribution in [1.29, 1.82) is 0 Å². The fourth-order valence-corrected chi connectivity index (χ4v) is 1.25. The van der Waals surface area contributed by atoms with Crippen molar-refractivity contribution in [2.24, 2.45) is 5.73 Å². The number of rotatable bonds is 3. The lowest BCUT2D eigenvalue weighted by molar-refractivity contribution is -0.384. The summed E-state index contributed by atoms with van der Waals surface area (Å²) in [5.41, 5.74) is 5.08. The van der Waals surface area contributed by atoms with Gasteiger partial charge in [0.2, 0.25) is 0 Å². The van der Waals surface area contributed by atoms with Gasteiger partial charge in [0, 0.05) is 22.7 Å². The molecule has 1 atom stereocenters. The Labute approximate surface area is 89.4 Å². The van der Waals surface area contributed by atoms with Gasteiger partial charge < -0.3 is 10.8 Å². The van der Waals surface area contributed by atoms with E-state index in [1.54, 1.807) is 0 Å². The first-order chi connectivity index (χ1) is 6.93. The van der Waals surface area contributed by atoms with E-state index in [9.17, 15) is 14.9 Å². The lowest BCUT2D eigenvalue weighted by atomic mass is 10.1. The number of nitrogens with two attached hydrogens (primary N) is 1. The van der Waals surface area contributed by atoms with Crippen LogP contribution in [-0.4, -0.2) is 16.0 Å². The van der Waals surface area contributed by atoms with Crippen molar-refractivity contribution in [2.75, 3.05) is 0 Å². The van der Waals surface area contributed by atoms with Crippen LogP contribution in [0.1, 0.15) is 11.6 Å². The Bertz CT molecular complexity index is 421. The molecule has 3 N–H and O–H groups in total. The zero-order valence-electron chi connectivity index (χ0n) is 7.38. The zero-order chi connectivity index (χ0) is 11.6.